The second-order valence-corrected chi connectivity index (χ2v) is 7.76. The standard InChI is InChI=1S/C21H29ClN6O2/c1-5-27(3)28(16-8-6-7-9-16)20-18(26(2)14-29)13-23-21(25-20)24-15-10-11-17(22)19(12-15)30-4/h10-14,16H,5-9H2,1-4H3,(H,23,24,25). The number of nitrogens with one attached hydrogen (secondary N) is 1. The second kappa shape index (κ2) is 9.95. The van der Waals surface area contributed by atoms with Crippen molar-refractivity contribution in [2.75, 3.05) is 43.0 Å². The lowest BCUT2D eigenvalue weighted by Crippen LogP contribution is -2.47. The van der Waals surface area contributed by atoms with E-state index in [2.05, 4.69) is 27.2 Å². The molecule has 0 saturated heterocycles. The van der Waals surface area contributed by atoms with Gasteiger partial charge in [-0.1, -0.05) is 31.4 Å². The first-order valence-electron chi connectivity index (χ1n) is 10.1. The summed E-state index contributed by atoms with van der Waals surface area (Å²) in [7, 11) is 5.33. The number of benzene rings is 1. The van der Waals surface area contributed by atoms with Gasteiger partial charge in [-0.15, -0.1) is 0 Å². The number of ether oxygens (including phenoxy) is 1. The molecule has 1 amide bonds. The molecule has 0 radical (unpaired) electrons. The molecule has 0 aliphatic heterocycles. The number of hydrogen-bond donors (Lipinski definition) is 1. The molecule has 0 atom stereocenters. The Morgan fingerprint density at radius 3 is 2.67 bits per heavy atom. The molecule has 1 heterocycles. The quantitative estimate of drug-likeness (QED) is 0.472. The number of anilines is 4. The fourth-order valence-corrected chi connectivity index (χ4v) is 3.88. The zero-order valence-electron chi connectivity index (χ0n) is 17.9. The van der Waals surface area contributed by atoms with Crippen molar-refractivity contribution in [1.29, 1.82) is 0 Å². The molecule has 1 aromatic carbocycles. The van der Waals surface area contributed by atoms with Gasteiger partial charge in [-0.3, -0.25) is 9.80 Å². The van der Waals surface area contributed by atoms with E-state index in [1.165, 1.54) is 17.7 Å². The first-order chi connectivity index (χ1) is 14.5. The van der Waals surface area contributed by atoms with Crippen LogP contribution in [0.15, 0.2) is 24.4 Å². The normalized spacial score (nSPS) is 14.1. The lowest BCUT2D eigenvalue weighted by molar-refractivity contribution is -0.107. The number of rotatable bonds is 9. The minimum absolute atomic E-state index is 0.340. The van der Waals surface area contributed by atoms with E-state index < -0.39 is 0 Å². The summed E-state index contributed by atoms with van der Waals surface area (Å²) in [4.78, 5) is 22.3. The maximum atomic E-state index is 11.5. The van der Waals surface area contributed by atoms with Crippen LogP contribution in [0, 0.1) is 0 Å². The van der Waals surface area contributed by atoms with Gasteiger partial charge in [-0.2, -0.15) is 4.98 Å². The Kier molecular flexibility index (Phi) is 7.33. The second-order valence-electron chi connectivity index (χ2n) is 7.35. The number of amides is 1. The molecule has 1 aliphatic carbocycles. The highest BCUT2D eigenvalue weighted by Crippen LogP contribution is 2.35. The van der Waals surface area contributed by atoms with E-state index in [-0.39, 0.29) is 0 Å². The number of halogens is 1. The summed E-state index contributed by atoms with van der Waals surface area (Å²) >= 11 is 6.13. The van der Waals surface area contributed by atoms with Gasteiger partial charge in [0.25, 0.3) is 0 Å². The average molecular weight is 433 g/mol. The third-order valence-electron chi connectivity index (χ3n) is 5.41. The Labute approximate surface area is 182 Å². The smallest absolute Gasteiger partial charge is 0.229 e. The predicted molar refractivity (Wildman–Crippen MR) is 121 cm³/mol. The lowest BCUT2D eigenvalue weighted by Gasteiger charge is -2.38. The molecule has 0 spiro atoms. The molecular formula is C21H29ClN6O2. The summed E-state index contributed by atoms with van der Waals surface area (Å²) in [5, 5.41) is 8.11. The minimum atomic E-state index is 0.340. The fourth-order valence-electron chi connectivity index (χ4n) is 3.68. The average Bonchev–Trinajstić information content (AvgIpc) is 3.29. The number of nitrogens with zero attached hydrogens (tertiary/aromatic N) is 5. The molecule has 3 rings (SSSR count). The van der Waals surface area contributed by atoms with E-state index in [1.807, 2.05) is 13.1 Å². The minimum Gasteiger partial charge on any atom is -0.495 e. The molecule has 30 heavy (non-hydrogen) atoms. The largest absolute Gasteiger partial charge is 0.495 e. The summed E-state index contributed by atoms with van der Waals surface area (Å²) < 4.78 is 5.29. The van der Waals surface area contributed by atoms with Crippen molar-refractivity contribution < 1.29 is 9.53 Å². The van der Waals surface area contributed by atoms with Crippen LogP contribution >= 0.6 is 11.6 Å². The molecule has 162 valence electrons. The Morgan fingerprint density at radius 2 is 2.03 bits per heavy atom. The van der Waals surface area contributed by atoms with Gasteiger partial charge >= 0.3 is 0 Å². The van der Waals surface area contributed by atoms with Crippen molar-refractivity contribution in [2.24, 2.45) is 0 Å². The molecule has 1 N–H and O–H groups in total. The molecule has 8 nitrogen and oxygen atoms in total. The molecule has 1 saturated carbocycles. The number of aromatic nitrogens is 2. The van der Waals surface area contributed by atoms with Crippen LogP contribution < -0.4 is 20.0 Å². The van der Waals surface area contributed by atoms with Crippen LogP contribution in [-0.4, -0.2) is 55.2 Å². The third-order valence-corrected chi connectivity index (χ3v) is 5.72. The van der Waals surface area contributed by atoms with Crippen LogP contribution in [0.25, 0.3) is 0 Å². The highest BCUT2D eigenvalue weighted by molar-refractivity contribution is 6.32. The molecule has 2 aromatic rings. The number of hydrazine groups is 1. The maximum absolute atomic E-state index is 11.5. The van der Waals surface area contributed by atoms with Gasteiger partial charge in [0.05, 0.1) is 18.3 Å². The van der Waals surface area contributed by atoms with Gasteiger partial charge in [-0.25, -0.2) is 9.99 Å². The van der Waals surface area contributed by atoms with Gasteiger partial charge in [-0.05, 0) is 25.0 Å². The van der Waals surface area contributed by atoms with E-state index in [4.69, 9.17) is 21.3 Å². The number of hydrogen-bond acceptors (Lipinski definition) is 7. The van der Waals surface area contributed by atoms with Crippen molar-refractivity contribution >= 4 is 41.2 Å². The van der Waals surface area contributed by atoms with Crippen LogP contribution in [0.4, 0.5) is 23.1 Å². The van der Waals surface area contributed by atoms with Gasteiger partial charge in [0.1, 0.15) is 11.4 Å². The maximum Gasteiger partial charge on any atom is 0.229 e. The Balaban J connectivity index is 2.01. The van der Waals surface area contributed by atoms with E-state index in [9.17, 15) is 4.79 Å². The van der Waals surface area contributed by atoms with Crippen molar-refractivity contribution in [3.63, 3.8) is 0 Å². The van der Waals surface area contributed by atoms with Gasteiger partial charge in [0.2, 0.25) is 12.4 Å². The number of methoxy groups -OCH3 is 1. The van der Waals surface area contributed by atoms with Crippen LogP contribution in [0.5, 0.6) is 5.75 Å². The van der Waals surface area contributed by atoms with Crippen LogP contribution in [0.3, 0.4) is 0 Å². The zero-order chi connectivity index (χ0) is 21.7. The van der Waals surface area contributed by atoms with Gasteiger partial charge in [0, 0.05) is 38.4 Å². The lowest BCUT2D eigenvalue weighted by atomic mass is 10.2. The van der Waals surface area contributed by atoms with E-state index >= 15 is 0 Å². The highest BCUT2D eigenvalue weighted by Gasteiger charge is 2.29. The molecular weight excluding hydrogens is 404 g/mol. The van der Waals surface area contributed by atoms with Crippen LogP contribution in [0.2, 0.25) is 5.02 Å². The molecule has 1 aromatic heterocycles. The predicted octanol–water partition coefficient (Wildman–Crippen LogP) is 4.09. The Bertz CT molecular complexity index is 875. The number of carbonyl (C=O) groups is 1. The van der Waals surface area contributed by atoms with Crippen LogP contribution in [-0.2, 0) is 4.79 Å². The molecule has 1 fully saturated rings. The highest BCUT2D eigenvalue weighted by atomic mass is 35.5. The third kappa shape index (κ3) is 4.76. The van der Waals surface area contributed by atoms with Crippen molar-refractivity contribution in [3.05, 3.63) is 29.4 Å². The molecule has 0 bridgehead atoms. The Morgan fingerprint density at radius 1 is 1.30 bits per heavy atom. The number of carbonyl (C=O) groups excluding carboxylic acids is 1. The first-order valence-corrected chi connectivity index (χ1v) is 10.5. The van der Waals surface area contributed by atoms with Crippen molar-refractivity contribution in [3.8, 4) is 5.75 Å². The van der Waals surface area contributed by atoms with Gasteiger partial charge in [0.15, 0.2) is 5.82 Å². The molecule has 0 unspecified atom stereocenters. The summed E-state index contributed by atoms with van der Waals surface area (Å²) in [5.74, 6) is 1.71. The first kappa shape index (κ1) is 22.1. The molecule has 9 heteroatoms. The van der Waals surface area contributed by atoms with E-state index in [0.29, 0.717) is 34.3 Å². The zero-order valence-corrected chi connectivity index (χ0v) is 18.7. The van der Waals surface area contributed by atoms with Crippen LogP contribution in [0.1, 0.15) is 32.6 Å². The SMILES string of the molecule is CCN(C)N(c1nc(Nc2ccc(Cl)c(OC)c2)ncc1N(C)C=O)C1CCCC1. The van der Waals surface area contributed by atoms with E-state index in [1.54, 1.807) is 32.5 Å². The topological polar surface area (TPSA) is 73.8 Å². The Hall–Kier alpha value is -2.58. The summed E-state index contributed by atoms with van der Waals surface area (Å²) in [6.45, 7) is 2.92. The molecule has 1 aliphatic rings. The fraction of sp³-hybridized carbons (Fsp3) is 0.476. The van der Waals surface area contributed by atoms with E-state index in [0.717, 1.165) is 31.5 Å². The summed E-state index contributed by atoms with van der Waals surface area (Å²) in [6, 6.07) is 5.73. The van der Waals surface area contributed by atoms with Crippen molar-refractivity contribution in [1.82, 2.24) is 15.0 Å². The summed E-state index contributed by atoms with van der Waals surface area (Å²) in [6.07, 6.45) is 7.03. The monoisotopic (exact) mass is 432 g/mol. The van der Waals surface area contributed by atoms with Gasteiger partial charge < -0.3 is 15.0 Å². The summed E-state index contributed by atoms with van der Waals surface area (Å²) in [5.41, 5.74) is 1.42. The van der Waals surface area contributed by atoms with Crippen molar-refractivity contribution in [2.45, 2.75) is 38.6 Å².